The van der Waals surface area contributed by atoms with Crippen LogP contribution in [0.4, 0.5) is 0 Å². The molecule has 0 unspecified atom stereocenters. The van der Waals surface area contributed by atoms with Gasteiger partial charge < -0.3 is 10.1 Å². The monoisotopic (exact) mass is 401 g/mol. The van der Waals surface area contributed by atoms with Gasteiger partial charge in [0.2, 0.25) is 5.91 Å². The Morgan fingerprint density at radius 3 is 2.57 bits per heavy atom. The van der Waals surface area contributed by atoms with Crippen LogP contribution >= 0.6 is 11.3 Å². The van der Waals surface area contributed by atoms with Crippen molar-refractivity contribution in [2.75, 3.05) is 13.7 Å². The number of aromatic nitrogens is 2. The summed E-state index contributed by atoms with van der Waals surface area (Å²) in [5, 5.41) is 4.10. The van der Waals surface area contributed by atoms with Crippen LogP contribution < -0.4 is 16.6 Å². The van der Waals surface area contributed by atoms with Gasteiger partial charge in [-0.15, -0.1) is 11.3 Å². The third-order valence-corrected chi connectivity index (χ3v) is 5.15. The molecule has 28 heavy (non-hydrogen) atoms. The summed E-state index contributed by atoms with van der Waals surface area (Å²) in [5.74, 6) is -1.11. The van der Waals surface area contributed by atoms with Crippen LogP contribution in [0.15, 0.2) is 51.4 Å². The fraction of sp³-hybridized carbons (Fsp3) is 0.263. The number of fused-ring (bicyclic) bond motifs is 1. The molecule has 1 amide bonds. The highest BCUT2D eigenvalue weighted by Crippen LogP contribution is 2.15. The van der Waals surface area contributed by atoms with Crippen LogP contribution in [0.3, 0.4) is 0 Å². The highest BCUT2D eigenvalue weighted by molar-refractivity contribution is 7.17. The van der Waals surface area contributed by atoms with E-state index in [2.05, 4.69) is 10.1 Å². The maximum atomic E-state index is 12.9. The quantitative estimate of drug-likeness (QED) is 0.589. The van der Waals surface area contributed by atoms with Crippen LogP contribution in [-0.4, -0.2) is 34.7 Å². The molecule has 0 aliphatic carbocycles. The topological polar surface area (TPSA) is 99.4 Å². The first-order valence-corrected chi connectivity index (χ1v) is 9.47. The number of hydrogen-bond acceptors (Lipinski definition) is 6. The minimum absolute atomic E-state index is 0.208. The number of carbonyl (C=O) groups excluding carboxylic acids is 2. The summed E-state index contributed by atoms with van der Waals surface area (Å²) in [6.45, 7) is -0.377. The average Bonchev–Trinajstić information content (AvgIpc) is 3.20. The zero-order chi connectivity index (χ0) is 20.1. The second-order valence-corrected chi connectivity index (χ2v) is 6.97. The molecule has 0 radical (unpaired) electrons. The molecule has 9 heteroatoms. The van der Waals surface area contributed by atoms with Crippen molar-refractivity contribution in [1.29, 1.82) is 0 Å². The predicted molar refractivity (Wildman–Crippen MR) is 106 cm³/mol. The van der Waals surface area contributed by atoms with Crippen molar-refractivity contribution < 1.29 is 14.3 Å². The van der Waals surface area contributed by atoms with Gasteiger partial charge in [-0.1, -0.05) is 30.3 Å². The zero-order valence-electron chi connectivity index (χ0n) is 15.2. The Kier molecular flexibility index (Phi) is 6.05. The van der Waals surface area contributed by atoms with Gasteiger partial charge in [-0.25, -0.2) is 4.79 Å². The van der Waals surface area contributed by atoms with Gasteiger partial charge in [0.25, 0.3) is 5.56 Å². The van der Waals surface area contributed by atoms with Crippen molar-refractivity contribution in [1.82, 2.24) is 14.5 Å². The van der Waals surface area contributed by atoms with E-state index in [1.165, 1.54) is 23.0 Å². The lowest BCUT2D eigenvalue weighted by molar-refractivity contribution is -0.141. The maximum Gasteiger partial charge on any atom is 0.332 e. The first-order valence-electron chi connectivity index (χ1n) is 8.59. The van der Waals surface area contributed by atoms with Crippen LogP contribution in [0, 0.1) is 0 Å². The summed E-state index contributed by atoms with van der Waals surface area (Å²) >= 11 is 1.22. The number of rotatable bonds is 7. The van der Waals surface area contributed by atoms with Crippen molar-refractivity contribution in [3.05, 3.63) is 68.2 Å². The van der Waals surface area contributed by atoms with Gasteiger partial charge in [-0.2, -0.15) is 0 Å². The number of nitrogens with zero attached hydrogens (tertiary/aromatic N) is 2. The van der Waals surface area contributed by atoms with Crippen molar-refractivity contribution in [2.24, 2.45) is 0 Å². The summed E-state index contributed by atoms with van der Waals surface area (Å²) in [7, 11) is 1.22. The van der Waals surface area contributed by atoms with E-state index < -0.39 is 17.6 Å². The van der Waals surface area contributed by atoms with Crippen molar-refractivity contribution in [3.8, 4) is 0 Å². The van der Waals surface area contributed by atoms with Crippen LogP contribution in [0.2, 0.25) is 0 Å². The summed E-state index contributed by atoms with van der Waals surface area (Å²) in [5.41, 5.74) is 0.490. The Labute approximate surface area is 164 Å². The van der Waals surface area contributed by atoms with E-state index in [0.29, 0.717) is 16.6 Å². The van der Waals surface area contributed by atoms with Crippen LogP contribution in [0.1, 0.15) is 5.56 Å². The van der Waals surface area contributed by atoms with Crippen LogP contribution in [0.5, 0.6) is 0 Å². The number of thiophene rings is 1. The first-order chi connectivity index (χ1) is 13.5. The van der Waals surface area contributed by atoms with E-state index >= 15 is 0 Å². The Morgan fingerprint density at radius 1 is 1.11 bits per heavy atom. The number of amides is 1. The van der Waals surface area contributed by atoms with Gasteiger partial charge in [0.05, 0.1) is 12.6 Å². The van der Waals surface area contributed by atoms with E-state index in [4.69, 9.17) is 0 Å². The highest BCUT2D eigenvalue weighted by atomic mass is 32.1. The van der Waals surface area contributed by atoms with Gasteiger partial charge in [-0.05, 0) is 23.4 Å². The van der Waals surface area contributed by atoms with Gasteiger partial charge in [0.15, 0.2) is 0 Å². The SMILES string of the molecule is COC(=O)CNC(=O)Cn1c(=O)n(CCc2ccccc2)c(=O)c2sccc21. The molecule has 8 nitrogen and oxygen atoms in total. The van der Waals surface area contributed by atoms with Crippen molar-refractivity contribution >= 4 is 33.4 Å². The third-order valence-electron chi connectivity index (χ3n) is 4.26. The summed E-state index contributed by atoms with van der Waals surface area (Å²) in [4.78, 5) is 49.0. The van der Waals surface area contributed by atoms with Crippen LogP contribution in [-0.2, 0) is 33.8 Å². The van der Waals surface area contributed by atoms with Crippen molar-refractivity contribution in [2.45, 2.75) is 19.5 Å². The van der Waals surface area contributed by atoms with Gasteiger partial charge in [0.1, 0.15) is 17.8 Å². The fourth-order valence-corrected chi connectivity index (χ4v) is 3.65. The molecule has 0 spiro atoms. The van der Waals surface area contributed by atoms with Gasteiger partial charge in [-0.3, -0.25) is 23.5 Å². The standard InChI is InChI=1S/C19H19N3O5S/c1-27-16(24)11-20-15(23)12-22-14-8-10-28-17(14)18(25)21(19(22)26)9-7-13-5-3-2-4-6-13/h2-6,8,10H,7,9,11-12H2,1H3,(H,20,23). The Balaban J connectivity index is 1.90. The Bertz CT molecular complexity index is 1110. The Morgan fingerprint density at radius 2 is 1.86 bits per heavy atom. The number of carbonyl (C=O) groups is 2. The highest BCUT2D eigenvalue weighted by Gasteiger charge is 2.16. The molecule has 0 aliphatic rings. The molecule has 2 heterocycles. The second-order valence-electron chi connectivity index (χ2n) is 6.05. The number of ether oxygens (including phenoxy) is 1. The molecule has 1 N–H and O–H groups in total. The van der Waals surface area contributed by atoms with E-state index in [1.807, 2.05) is 30.3 Å². The first kappa shape index (κ1) is 19.6. The number of benzene rings is 1. The number of nitrogens with one attached hydrogen (secondary N) is 1. The number of hydrogen-bond donors (Lipinski definition) is 1. The number of aryl methyl sites for hydroxylation is 1. The van der Waals surface area contributed by atoms with Gasteiger partial charge >= 0.3 is 11.7 Å². The largest absolute Gasteiger partial charge is 0.468 e. The molecule has 0 bridgehead atoms. The molecule has 0 saturated heterocycles. The lowest BCUT2D eigenvalue weighted by atomic mass is 10.1. The molecule has 146 valence electrons. The third kappa shape index (κ3) is 4.20. The molecule has 3 rings (SSSR count). The zero-order valence-corrected chi connectivity index (χ0v) is 16.0. The Hall–Kier alpha value is -3.20. The minimum atomic E-state index is -0.589. The van der Waals surface area contributed by atoms with Gasteiger partial charge in [0, 0.05) is 6.54 Å². The van der Waals surface area contributed by atoms with E-state index in [1.54, 1.807) is 11.4 Å². The normalized spacial score (nSPS) is 10.8. The summed E-state index contributed by atoms with van der Waals surface area (Å²) in [6.07, 6.45) is 0.515. The molecular weight excluding hydrogens is 382 g/mol. The molecule has 3 aromatic rings. The van der Waals surface area contributed by atoms with Crippen molar-refractivity contribution in [3.63, 3.8) is 0 Å². The van der Waals surface area contributed by atoms with E-state index in [0.717, 1.165) is 10.1 Å². The fourth-order valence-electron chi connectivity index (χ4n) is 2.81. The summed E-state index contributed by atoms with van der Waals surface area (Å²) < 4.78 is 7.29. The second kappa shape index (κ2) is 8.66. The molecule has 0 saturated carbocycles. The lowest BCUT2D eigenvalue weighted by Crippen LogP contribution is -2.43. The molecular formula is C19H19N3O5S. The van der Waals surface area contributed by atoms with E-state index in [-0.39, 0.29) is 25.2 Å². The molecule has 2 aromatic heterocycles. The maximum absolute atomic E-state index is 12.9. The lowest BCUT2D eigenvalue weighted by Gasteiger charge is -2.12. The smallest absolute Gasteiger partial charge is 0.332 e. The molecule has 0 atom stereocenters. The molecule has 1 aromatic carbocycles. The van der Waals surface area contributed by atoms with Crippen LogP contribution in [0.25, 0.3) is 10.2 Å². The average molecular weight is 401 g/mol. The molecule has 0 fully saturated rings. The number of esters is 1. The number of methoxy groups -OCH3 is 1. The summed E-state index contributed by atoms with van der Waals surface area (Å²) in [6, 6.07) is 11.2. The molecule has 0 aliphatic heterocycles. The van der Waals surface area contributed by atoms with E-state index in [9.17, 15) is 19.2 Å². The minimum Gasteiger partial charge on any atom is -0.468 e. The predicted octanol–water partition coefficient (Wildman–Crippen LogP) is 0.757.